The van der Waals surface area contributed by atoms with E-state index in [1.807, 2.05) is 105 Å². The summed E-state index contributed by atoms with van der Waals surface area (Å²) in [4.78, 5) is 46.9. The zero-order chi connectivity index (χ0) is 53.3. The smallest absolute Gasteiger partial charge is 0.258 e. The zero-order valence-corrected chi connectivity index (χ0v) is 46.7. The van der Waals surface area contributed by atoms with Gasteiger partial charge < -0.3 is 47.7 Å². The minimum absolute atomic E-state index is 0.0482. The molecule has 0 N–H and O–H groups in total. The van der Waals surface area contributed by atoms with Crippen LogP contribution in [0, 0.1) is 6.92 Å². The number of aryl methyl sites for hydroxylation is 2. The van der Waals surface area contributed by atoms with Gasteiger partial charge in [-0.1, -0.05) is 71.0 Å². The number of benzene rings is 5. The van der Waals surface area contributed by atoms with Crippen molar-refractivity contribution in [2.75, 3.05) is 87.8 Å². The van der Waals surface area contributed by atoms with Crippen LogP contribution in [0.3, 0.4) is 0 Å². The van der Waals surface area contributed by atoms with Crippen LogP contribution in [0.1, 0.15) is 101 Å². The SMILES string of the molecule is CCC(=O)CCCSSC(C)(C)CN(CCOCCOCCOC)c1cc(COc2cc3c(cc2C)C(=O)N2c4ccccc4C[C@H]2CC3)cc(OCc2cc3c(cc2OC)C(=O)N2c4ccccc4C[C@H]2[C-]=[N+]3C)c1. The predicted molar refractivity (Wildman–Crippen MR) is 304 cm³/mol. The fraction of sp³-hybridized carbons (Fsp3) is 0.443. The second-order valence-electron chi connectivity index (χ2n) is 20.6. The summed E-state index contributed by atoms with van der Waals surface area (Å²) >= 11 is 0. The van der Waals surface area contributed by atoms with Gasteiger partial charge in [0.25, 0.3) is 5.91 Å². The molecule has 4 aliphatic heterocycles. The molecule has 4 heterocycles. The van der Waals surface area contributed by atoms with Crippen LogP contribution in [0.25, 0.3) is 0 Å². The number of fused-ring (bicyclic) bond motifs is 8. The number of Topliss-reactive ketones (excluding diaryl/α,β-unsaturated/α-hetero) is 1. The Bertz CT molecular complexity index is 2940. The van der Waals surface area contributed by atoms with Crippen LogP contribution >= 0.6 is 21.6 Å². The van der Waals surface area contributed by atoms with Crippen LogP contribution < -0.4 is 28.9 Å². The van der Waals surface area contributed by atoms with Crippen LogP contribution in [-0.4, -0.2) is 118 Å². The van der Waals surface area contributed by atoms with Crippen molar-refractivity contribution in [1.29, 1.82) is 0 Å². The van der Waals surface area contributed by atoms with Gasteiger partial charge in [0, 0.05) is 102 Å². The van der Waals surface area contributed by atoms with Crippen LogP contribution in [0.5, 0.6) is 17.2 Å². The minimum Gasteiger partial charge on any atom is -0.496 e. The normalized spacial score (nSPS) is 16.4. The number of carbonyl (C=O) groups excluding carboxylic acids is 3. The van der Waals surface area contributed by atoms with Crippen molar-refractivity contribution in [1.82, 2.24) is 0 Å². The van der Waals surface area contributed by atoms with Gasteiger partial charge in [-0.3, -0.25) is 14.4 Å². The molecule has 0 saturated carbocycles. The van der Waals surface area contributed by atoms with Gasteiger partial charge in [-0.2, -0.15) is 0 Å². The minimum atomic E-state index is -0.231. The first-order valence-corrected chi connectivity index (χ1v) is 28.9. The molecule has 5 aromatic rings. The number of hydrogen-bond donors (Lipinski definition) is 0. The molecule has 2 atom stereocenters. The summed E-state index contributed by atoms with van der Waals surface area (Å²) in [5, 5.41) is 0. The lowest BCUT2D eigenvalue weighted by Crippen LogP contribution is -2.38. The van der Waals surface area contributed by atoms with Crippen molar-refractivity contribution in [3.63, 3.8) is 0 Å². The van der Waals surface area contributed by atoms with Gasteiger partial charge in [-0.15, -0.1) is 0 Å². The molecule has 402 valence electrons. The largest absolute Gasteiger partial charge is 0.496 e. The van der Waals surface area contributed by atoms with Gasteiger partial charge in [-0.05, 0) is 123 Å². The number of nitrogens with zero attached hydrogens (tertiary/aromatic N) is 4. The number of carbonyl (C=O) groups is 3. The average molecular weight is 1070 g/mol. The lowest BCUT2D eigenvalue weighted by molar-refractivity contribution is -0.401. The highest BCUT2D eigenvalue weighted by Crippen LogP contribution is 2.42. The number of para-hydroxylation sites is 2. The van der Waals surface area contributed by atoms with Gasteiger partial charge in [0.15, 0.2) is 0 Å². The molecule has 76 heavy (non-hydrogen) atoms. The predicted octanol–water partition coefficient (Wildman–Crippen LogP) is 10.9. The molecule has 4 aliphatic rings. The van der Waals surface area contributed by atoms with Gasteiger partial charge in [0.2, 0.25) is 5.91 Å². The molecule has 0 bridgehead atoms. The fourth-order valence-corrected chi connectivity index (χ4v) is 13.3. The molecule has 0 unspecified atom stereocenters. The van der Waals surface area contributed by atoms with E-state index in [0.29, 0.717) is 88.2 Å². The number of rotatable bonds is 26. The van der Waals surface area contributed by atoms with E-state index >= 15 is 0 Å². The van der Waals surface area contributed by atoms with E-state index in [1.165, 1.54) is 5.56 Å². The van der Waals surface area contributed by atoms with E-state index in [-0.39, 0.29) is 41.9 Å². The first kappa shape index (κ1) is 54.9. The number of ketones is 1. The van der Waals surface area contributed by atoms with Crippen LogP contribution in [0.2, 0.25) is 0 Å². The highest BCUT2D eigenvalue weighted by Gasteiger charge is 2.38. The Hall–Kier alpha value is -5.84. The van der Waals surface area contributed by atoms with Gasteiger partial charge >= 0.3 is 0 Å². The maximum absolute atomic E-state index is 14.4. The third-order valence-corrected chi connectivity index (χ3v) is 17.9. The Kier molecular flexibility index (Phi) is 18.1. The average Bonchev–Trinajstić information content (AvgIpc) is 3.97. The van der Waals surface area contributed by atoms with E-state index in [1.54, 1.807) is 14.2 Å². The number of hydrogen-bond acceptors (Lipinski definition) is 12. The molecule has 2 amide bonds. The molecule has 13 nitrogen and oxygen atoms in total. The Morgan fingerprint density at radius 3 is 2.29 bits per heavy atom. The molecule has 5 aromatic carbocycles. The standard InChI is InChI=1S/C61H72N4O9S2/c1-8-50(66)16-13-27-75-76-61(3,4)40-63(21-22-71-25-26-72-24-23-69-6)48-29-42(38-74-57-34-43-19-20-47-31-44-14-9-11-17-54(44)64(47)59(67)52(43)28-41(57)2)30-51(35-48)73-39-46-33-56-53(36-58(46)70-7)60(68)65-49(37-62(56)5)32-45-15-10-12-18-55(45)65/h9-12,14-15,17-18,28-30,33-36,47,49H,8,13,16,19-27,31-32,38-40H2,1-7H3/t47-,49+/m1/s1. The summed E-state index contributed by atoms with van der Waals surface area (Å²) < 4.78 is 38.3. The molecule has 0 saturated heterocycles. The lowest BCUT2D eigenvalue weighted by atomic mass is 9.98. The van der Waals surface area contributed by atoms with E-state index in [0.717, 1.165) is 93.3 Å². The second kappa shape index (κ2) is 25.1. The molecule has 0 radical (unpaired) electrons. The Morgan fingerprint density at radius 1 is 0.803 bits per heavy atom. The summed E-state index contributed by atoms with van der Waals surface area (Å²) in [7, 11) is 8.86. The van der Waals surface area contributed by atoms with Crippen molar-refractivity contribution < 1.29 is 47.4 Å². The summed E-state index contributed by atoms with van der Waals surface area (Å²) in [6.07, 6.45) is 8.80. The van der Waals surface area contributed by atoms with Crippen molar-refractivity contribution >= 4 is 68.1 Å². The van der Waals surface area contributed by atoms with E-state index in [4.69, 9.17) is 28.4 Å². The molecule has 0 spiro atoms. The third-order valence-electron chi connectivity index (χ3n) is 14.5. The number of amides is 2. The zero-order valence-electron chi connectivity index (χ0n) is 45.1. The Balaban J connectivity index is 0.999. The molecule has 9 rings (SSSR count). The van der Waals surface area contributed by atoms with Crippen molar-refractivity contribution in [2.45, 2.75) is 103 Å². The van der Waals surface area contributed by atoms with Crippen molar-refractivity contribution in [2.24, 2.45) is 0 Å². The summed E-state index contributed by atoms with van der Waals surface area (Å²) in [6, 6.07) is 30.3. The Morgan fingerprint density at radius 2 is 1.53 bits per heavy atom. The van der Waals surface area contributed by atoms with Crippen LogP contribution in [0.4, 0.5) is 22.7 Å². The number of ether oxygens (including phenoxy) is 6. The number of methoxy groups -OCH3 is 2. The lowest BCUT2D eigenvalue weighted by Gasteiger charge is -2.34. The fourth-order valence-electron chi connectivity index (χ4n) is 10.7. The molecular formula is C61H72N4O9S2. The Labute approximate surface area is 456 Å². The highest BCUT2D eigenvalue weighted by molar-refractivity contribution is 8.77. The first-order chi connectivity index (χ1) is 36.8. The summed E-state index contributed by atoms with van der Waals surface area (Å²) in [6.45, 7) is 12.5. The first-order valence-electron chi connectivity index (χ1n) is 26.6. The summed E-state index contributed by atoms with van der Waals surface area (Å²) in [5.74, 6) is 3.06. The van der Waals surface area contributed by atoms with Gasteiger partial charge in [0.05, 0.1) is 45.8 Å². The van der Waals surface area contributed by atoms with Crippen LogP contribution in [0.15, 0.2) is 91.0 Å². The highest BCUT2D eigenvalue weighted by atomic mass is 33.1. The maximum atomic E-state index is 14.4. The number of anilines is 3. The monoisotopic (exact) mass is 1070 g/mol. The van der Waals surface area contributed by atoms with E-state index < -0.39 is 0 Å². The molecular weight excluding hydrogens is 997 g/mol. The van der Waals surface area contributed by atoms with Gasteiger partial charge in [0.1, 0.15) is 43.3 Å². The summed E-state index contributed by atoms with van der Waals surface area (Å²) in [5.41, 5.74) is 10.8. The third kappa shape index (κ3) is 12.8. The molecule has 0 fully saturated rings. The topological polar surface area (TPSA) is 119 Å². The second-order valence-corrected chi connectivity index (χ2v) is 23.7. The van der Waals surface area contributed by atoms with Crippen LogP contribution in [-0.2, 0) is 51.5 Å². The van der Waals surface area contributed by atoms with Gasteiger partial charge in [-0.25, -0.2) is 0 Å². The quantitative estimate of drug-likeness (QED) is 0.0227. The molecule has 0 aliphatic carbocycles. The van der Waals surface area contributed by atoms with Crippen molar-refractivity contribution in [3.8, 4) is 17.2 Å². The maximum Gasteiger partial charge on any atom is 0.258 e. The molecule has 15 heteroatoms. The van der Waals surface area contributed by atoms with E-state index in [9.17, 15) is 14.4 Å². The van der Waals surface area contributed by atoms with Crippen molar-refractivity contribution in [3.05, 3.63) is 136 Å². The van der Waals surface area contributed by atoms with E-state index in [2.05, 4.69) is 67.4 Å². The molecule has 0 aromatic heterocycles.